The number of rotatable bonds is 6. The van der Waals surface area contributed by atoms with Gasteiger partial charge in [-0.3, -0.25) is 11.3 Å². The smallest absolute Gasteiger partial charge is 0.119 e. The SMILES string of the molecule is NNC(COc1ccccc1)CC1CC1. The zero-order valence-electron chi connectivity index (χ0n) is 8.86. The van der Waals surface area contributed by atoms with Gasteiger partial charge in [0, 0.05) is 0 Å². The van der Waals surface area contributed by atoms with Crippen LogP contribution in [0.15, 0.2) is 30.3 Å². The number of benzene rings is 1. The number of para-hydroxylation sites is 1. The largest absolute Gasteiger partial charge is 0.492 e. The second-order valence-electron chi connectivity index (χ2n) is 4.17. The van der Waals surface area contributed by atoms with Crippen LogP contribution in [0.4, 0.5) is 0 Å². The van der Waals surface area contributed by atoms with Crippen LogP contribution in [0.5, 0.6) is 5.75 Å². The third kappa shape index (κ3) is 3.53. The Morgan fingerprint density at radius 2 is 2.07 bits per heavy atom. The molecular weight excluding hydrogens is 188 g/mol. The van der Waals surface area contributed by atoms with E-state index in [1.165, 1.54) is 12.8 Å². The van der Waals surface area contributed by atoms with Gasteiger partial charge >= 0.3 is 0 Å². The highest BCUT2D eigenvalue weighted by Gasteiger charge is 2.25. The van der Waals surface area contributed by atoms with E-state index >= 15 is 0 Å². The first-order valence-electron chi connectivity index (χ1n) is 5.52. The third-order valence-corrected chi connectivity index (χ3v) is 2.74. The van der Waals surface area contributed by atoms with Crippen molar-refractivity contribution in [3.05, 3.63) is 30.3 Å². The fourth-order valence-corrected chi connectivity index (χ4v) is 1.65. The standard InChI is InChI=1S/C12H18N2O/c13-14-11(8-10-6-7-10)9-15-12-4-2-1-3-5-12/h1-5,10-11,14H,6-9,13H2. The summed E-state index contributed by atoms with van der Waals surface area (Å²) in [6.45, 7) is 0.650. The first kappa shape index (κ1) is 10.5. The lowest BCUT2D eigenvalue weighted by Gasteiger charge is -2.16. The predicted octanol–water partition coefficient (Wildman–Crippen LogP) is 1.70. The van der Waals surface area contributed by atoms with Crippen molar-refractivity contribution in [1.82, 2.24) is 5.43 Å². The van der Waals surface area contributed by atoms with Crippen LogP contribution in [-0.2, 0) is 0 Å². The molecule has 3 heteroatoms. The first-order chi connectivity index (χ1) is 7.38. The van der Waals surface area contributed by atoms with E-state index in [1.54, 1.807) is 0 Å². The molecule has 1 aliphatic carbocycles. The van der Waals surface area contributed by atoms with Gasteiger partial charge in [-0.05, 0) is 24.5 Å². The van der Waals surface area contributed by atoms with Crippen LogP contribution in [0.1, 0.15) is 19.3 Å². The molecule has 0 radical (unpaired) electrons. The van der Waals surface area contributed by atoms with Gasteiger partial charge < -0.3 is 4.74 Å². The van der Waals surface area contributed by atoms with Gasteiger partial charge in [-0.15, -0.1) is 0 Å². The van der Waals surface area contributed by atoms with Crippen molar-refractivity contribution in [2.24, 2.45) is 11.8 Å². The van der Waals surface area contributed by atoms with Crippen LogP contribution in [0.3, 0.4) is 0 Å². The van der Waals surface area contributed by atoms with E-state index in [0.717, 1.165) is 18.1 Å². The number of nitrogens with two attached hydrogens (primary N) is 1. The number of hydrazine groups is 1. The molecule has 0 spiro atoms. The second-order valence-corrected chi connectivity index (χ2v) is 4.17. The van der Waals surface area contributed by atoms with Gasteiger partial charge in [0.1, 0.15) is 12.4 Å². The minimum Gasteiger partial charge on any atom is -0.492 e. The van der Waals surface area contributed by atoms with Crippen LogP contribution < -0.4 is 16.0 Å². The van der Waals surface area contributed by atoms with Gasteiger partial charge in [0.05, 0.1) is 6.04 Å². The topological polar surface area (TPSA) is 47.3 Å². The Morgan fingerprint density at radius 3 is 2.67 bits per heavy atom. The highest BCUT2D eigenvalue weighted by Crippen LogP contribution is 2.33. The molecule has 1 aromatic carbocycles. The van der Waals surface area contributed by atoms with Gasteiger partial charge in [0.2, 0.25) is 0 Å². The van der Waals surface area contributed by atoms with Crippen LogP contribution in [-0.4, -0.2) is 12.6 Å². The van der Waals surface area contributed by atoms with Crippen molar-refractivity contribution in [3.63, 3.8) is 0 Å². The van der Waals surface area contributed by atoms with Crippen molar-refractivity contribution < 1.29 is 4.74 Å². The molecule has 3 nitrogen and oxygen atoms in total. The molecule has 3 N–H and O–H groups in total. The van der Waals surface area contributed by atoms with E-state index in [0.29, 0.717) is 6.61 Å². The molecule has 1 aliphatic rings. The molecule has 0 aliphatic heterocycles. The maximum absolute atomic E-state index is 5.65. The molecule has 15 heavy (non-hydrogen) atoms. The third-order valence-electron chi connectivity index (χ3n) is 2.74. The van der Waals surface area contributed by atoms with Crippen LogP contribution >= 0.6 is 0 Å². The molecule has 0 saturated heterocycles. The Hall–Kier alpha value is -1.06. The number of nitrogens with one attached hydrogen (secondary N) is 1. The van der Waals surface area contributed by atoms with Crippen molar-refractivity contribution in [3.8, 4) is 5.75 Å². The number of hydrogen-bond acceptors (Lipinski definition) is 3. The summed E-state index contributed by atoms with van der Waals surface area (Å²) in [5.74, 6) is 7.26. The van der Waals surface area contributed by atoms with Crippen LogP contribution in [0.25, 0.3) is 0 Å². The highest BCUT2D eigenvalue weighted by atomic mass is 16.5. The molecule has 0 bridgehead atoms. The minimum absolute atomic E-state index is 0.276. The lowest BCUT2D eigenvalue weighted by Crippen LogP contribution is -2.39. The molecule has 0 heterocycles. The van der Waals surface area contributed by atoms with E-state index in [4.69, 9.17) is 10.6 Å². The predicted molar refractivity (Wildman–Crippen MR) is 60.4 cm³/mol. The average molecular weight is 206 g/mol. The lowest BCUT2D eigenvalue weighted by atomic mass is 10.1. The molecule has 0 amide bonds. The summed E-state index contributed by atoms with van der Waals surface area (Å²) in [5.41, 5.74) is 2.82. The molecule has 1 fully saturated rings. The van der Waals surface area contributed by atoms with Gasteiger partial charge in [-0.25, -0.2) is 0 Å². The molecule has 1 aromatic rings. The summed E-state index contributed by atoms with van der Waals surface area (Å²) in [6.07, 6.45) is 3.83. The Labute approximate surface area is 90.6 Å². The maximum Gasteiger partial charge on any atom is 0.119 e. The van der Waals surface area contributed by atoms with Crippen LogP contribution in [0, 0.1) is 5.92 Å². The van der Waals surface area contributed by atoms with Gasteiger partial charge in [-0.2, -0.15) is 0 Å². The Balaban J connectivity index is 1.75. The van der Waals surface area contributed by atoms with E-state index < -0.39 is 0 Å². The van der Waals surface area contributed by atoms with Gasteiger partial charge in [-0.1, -0.05) is 31.0 Å². The molecular formula is C12H18N2O. The monoisotopic (exact) mass is 206 g/mol. The Bertz CT molecular complexity index is 285. The summed E-state index contributed by atoms with van der Waals surface area (Å²) in [5, 5.41) is 0. The van der Waals surface area contributed by atoms with E-state index in [2.05, 4.69) is 5.43 Å². The van der Waals surface area contributed by atoms with E-state index in [9.17, 15) is 0 Å². The minimum atomic E-state index is 0.276. The van der Waals surface area contributed by atoms with Crippen molar-refractivity contribution >= 4 is 0 Å². The molecule has 1 unspecified atom stereocenters. The Morgan fingerprint density at radius 1 is 1.33 bits per heavy atom. The van der Waals surface area contributed by atoms with E-state index in [-0.39, 0.29) is 6.04 Å². The summed E-state index contributed by atoms with van der Waals surface area (Å²) >= 11 is 0. The first-order valence-corrected chi connectivity index (χ1v) is 5.52. The summed E-state index contributed by atoms with van der Waals surface area (Å²) in [6, 6.07) is 10.1. The Kier molecular flexibility index (Phi) is 3.59. The maximum atomic E-state index is 5.65. The zero-order chi connectivity index (χ0) is 10.5. The molecule has 0 aromatic heterocycles. The summed E-state index contributed by atoms with van der Waals surface area (Å²) in [7, 11) is 0. The average Bonchev–Trinajstić information content (AvgIpc) is 3.09. The van der Waals surface area contributed by atoms with E-state index in [1.807, 2.05) is 30.3 Å². The fraction of sp³-hybridized carbons (Fsp3) is 0.500. The van der Waals surface area contributed by atoms with Gasteiger partial charge in [0.15, 0.2) is 0 Å². The number of hydrogen-bond donors (Lipinski definition) is 2. The zero-order valence-corrected chi connectivity index (χ0v) is 8.86. The fourth-order valence-electron chi connectivity index (χ4n) is 1.65. The van der Waals surface area contributed by atoms with Gasteiger partial charge in [0.25, 0.3) is 0 Å². The number of ether oxygens (including phenoxy) is 1. The second kappa shape index (κ2) is 5.14. The molecule has 82 valence electrons. The normalized spacial score (nSPS) is 17.4. The highest BCUT2D eigenvalue weighted by molar-refractivity contribution is 5.20. The van der Waals surface area contributed by atoms with Crippen molar-refractivity contribution in [1.29, 1.82) is 0 Å². The lowest BCUT2D eigenvalue weighted by molar-refractivity contribution is 0.253. The molecule has 1 saturated carbocycles. The quantitative estimate of drug-likeness (QED) is 0.550. The molecule has 2 rings (SSSR count). The van der Waals surface area contributed by atoms with Crippen LogP contribution in [0.2, 0.25) is 0 Å². The summed E-state index contributed by atoms with van der Waals surface area (Å²) < 4.78 is 5.65. The van der Waals surface area contributed by atoms with Crippen molar-refractivity contribution in [2.75, 3.05) is 6.61 Å². The van der Waals surface area contributed by atoms with Crippen molar-refractivity contribution in [2.45, 2.75) is 25.3 Å². The summed E-state index contributed by atoms with van der Waals surface area (Å²) in [4.78, 5) is 0. The molecule has 1 atom stereocenters.